The van der Waals surface area contributed by atoms with Crippen molar-refractivity contribution >= 4 is 17.1 Å². The molecule has 0 spiro atoms. The number of ether oxygens (including phenoxy) is 2. The Kier molecular flexibility index (Phi) is 6.54. The molecule has 4 rings (SSSR count). The van der Waals surface area contributed by atoms with Crippen LogP contribution in [-0.4, -0.2) is 131 Å². The fraction of sp³-hybridized carbons (Fsp3) is 0.706. The van der Waals surface area contributed by atoms with E-state index in [4.69, 9.17) is 14.3 Å². The summed E-state index contributed by atoms with van der Waals surface area (Å²) < 4.78 is 11.4. The molecule has 0 aromatic carbocycles. The quantitative estimate of drug-likeness (QED) is 0.194. The zero-order valence-corrected chi connectivity index (χ0v) is 17.2. The van der Waals surface area contributed by atoms with Crippen molar-refractivity contribution in [2.75, 3.05) is 25.2 Å². The van der Waals surface area contributed by atoms with E-state index >= 15 is 0 Å². The van der Waals surface area contributed by atoms with Gasteiger partial charge >= 0.3 is 0 Å². The van der Waals surface area contributed by atoms with Crippen LogP contribution in [0.2, 0.25) is 0 Å². The number of hydrogen-bond acceptors (Lipinski definition) is 14. The van der Waals surface area contributed by atoms with E-state index in [9.17, 15) is 40.5 Å². The molecule has 2 aliphatic heterocycles. The van der Waals surface area contributed by atoms with Gasteiger partial charge in [-0.3, -0.25) is 4.79 Å². The molecule has 2 aliphatic rings. The van der Waals surface area contributed by atoms with Crippen LogP contribution >= 0.6 is 0 Å². The van der Waals surface area contributed by atoms with Crippen LogP contribution in [0, 0.1) is 0 Å². The van der Waals surface area contributed by atoms with Crippen molar-refractivity contribution in [3.63, 3.8) is 0 Å². The number of hydrogen-bond donors (Lipinski definition) is 8. The van der Waals surface area contributed by atoms with Crippen molar-refractivity contribution in [3.8, 4) is 0 Å². The molecule has 16 heteroatoms. The van der Waals surface area contributed by atoms with Gasteiger partial charge in [-0.05, 0) is 0 Å². The first-order valence-electron chi connectivity index (χ1n) is 9.98. The highest BCUT2D eigenvalue weighted by atomic mass is 16.8. The van der Waals surface area contributed by atoms with Crippen molar-refractivity contribution in [2.45, 2.75) is 55.2 Å². The van der Waals surface area contributed by atoms with E-state index in [1.807, 2.05) is 0 Å². The maximum atomic E-state index is 12.3. The number of rotatable bonds is 6. The number of likely N-dealkylation sites (N-methyl/N-ethyl adjacent to an activating group) is 1. The number of nitrogens with one attached hydrogen (secondary N) is 1. The van der Waals surface area contributed by atoms with Crippen LogP contribution in [-0.2, 0) is 9.47 Å². The predicted molar refractivity (Wildman–Crippen MR) is 105 cm³/mol. The zero-order chi connectivity index (χ0) is 24.0. The second-order valence-corrected chi connectivity index (χ2v) is 7.75. The topological polar surface area (TPSA) is 236 Å². The normalized spacial score (nSPS) is 36.9. The van der Waals surface area contributed by atoms with Crippen LogP contribution in [0.4, 0.5) is 5.95 Å². The Hall–Kier alpha value is -2.41. The minimum atomic E-state index is -1.70. The molecular weight excluding hydrogens is 450 g/mol. The van der Waals surface area contributed by atoms with Crippen molar-refractivity contribution in [1.82, 2.24) is 19.7 Å². The Labute approximate surface area is 184 Å². The Bertz CT molecular complexity index is 1030. The summed E-state index contributed by atoms with van der Waals surface area (Å²) in [6, 6.07) is -1.34. The van der Waals surface area contributed by atoms with Crippen LogP contribution in [0.1, 0.15) is 0 Å². The highest BCUT2D eigenvalue weighted by Crippen LogP contribution is 2.29. The molecule has 2 fully saturated rings. The number of aromatic amines is 1. The summed E-state index contributed by atoms with van der Waals surface area (Å²) in [4.78, 5) is 29.5. The van der Waals surface area contributed by atoms with E-state index in [0.29, 0.717) is 0 Å². The molecule has 0 aliphatic carbocycles. The van der Waals surface area contributed by atoms with Crippen LogP contribution in [0.3, 0.4) is 0 Å². The van der Waals surface area contributed by atoms with E-state index in [0.717, 1.165) is 16.0 Å². The summed E-state index contributed by atoms with van der Waals surface area (Å²) in [5, 5.41) is 70.0. The summed E-state index contributed by atoms with van der Waals surface area (Å²) in [7, 11) is 1.35. The molecule has 9 atom stereocenters. The third-order valence-electron chi connectivity index (χ3n) is 5.73. The first-order valence-corrected chi connectivity index (χ1v) is 9.98. The fourth-order valence-electron chi connectivity index (χ4n) is 3.88. The Morgan fingerprint density at radius 2 is 1.70 bits per heavy atom. The van der Waals surface area contributed by atoms with Gasteiger partial charge in [0.05, 0.1) is 19.5 Å². The third-order valence-corrected chi connectivity index (χ3v) is 5.73. The number of aliphatic hydroxyl groups excluding tert-OH is 7. The number of imidazole rings is 1. The standard InChI is InChI=1S/C17H25N5O11/c1-21(8-11(27)9(25)5(2-23)31-15(8)30)17-20-7-13(18-4-19-14(7)29)22(17)33-16-12(28)10(26)6(3-24)32-16/h4-6,8-12,15-16,23-28,30H,2-3H2,1H3,(H,18,19,29)/t5-,6-,8-,9-,10-,11-,12-,15?,16+/m1/s1. The van der Waals surface area contributed by atoms with Gasteiger partial charge in [-0.1, -0.05) is 0 Å². The van der Waals surface area contributed by atoms with Gasteiger partial charge in [0.25, 0.3) is 11.8 Å². The largest absolute Gasteiger partial charge is 0.394 e. The van der Waals surface area contributed by atoms with E-state index < -0.39 is 74.0 Å². The lowest BCUT2D eigenvalue weighted by Crippen LogP contribution is -2.64. The van der Waals surface area contributed by atoms with Crippen molar-refractivity contribution in [2.24, 2.45) is 0 Å². The maximum Gasteiger partial charge on any atom is 0.279 e. The molecule has 16 nitrogen and oxygen atoms in total. The first-order chi connectivity index (χ1) is 15.7. The Morgan fingerprint density at radius 1 is 1.06 bits per heavy atom. The van der Waals surface area contributed by atoms with Gasteiger partial charge in [0.2, 0.25) is 11.6 Å². The van der Waals surface area contributed by atoms with Crippen LogP contribution in [0.25, 0.3) is 11.2 Å². The summed E-state index contributed by atoms with van der Waals surface area (Å²) in [5.74, 6) is -0.215. The monoisotopic (exact) mass is 475 g/mol. The van der Waals surface area contributed by atoms with Gasteiger partial charge < -0.3 is 59.9 Å². The number of aromatic nitrogens is 4. The summed E-state index contributed by atoms with van der Waals surface area (Å²) >= 11 is 0. The molecule has 2 aromatic heterocycles. The van der Waals surface area contributed by atoms with Gasteiger partial charge in [-0.15, -0.1) is 4.73 Å². The minimum Gasteiger partial charge on any atom is -0.394 e. The maximum absolute atomic E-state index is 12.3. The predicted octanol–water partition coefficient (Wildman–Crippen LogP) is -5.78. The number of aliphatic hydroxyl groups is 7. The first kappa shape index (κ1) is 23.7. The SMILES string of the molecule is CN(c1nc2c(=O)[nH]cnc2n1O[C@@H]1O[C@H](CO)[C@@H](O)[C@H]1O)[C@H]1C(O)O[C@H](CO)[C@@H](O)[C@@H]1O. The lowest BCUT2D eigenvalue weighted by atomic mass is 9.96. The number of fused-ring (bicyclic) bond motifs is 1. The molecule has 4 heterocycles. The zero-order valence-electron chi connectivity index (χ0n) is 17.2. The van der Waals surface area contributed by atoms with Gasteiger partial charge in [0.1, 0.15) is 42.7 Å². The number of anilines is 1. The summed E-state index contributed by atoms with van der Waals surface area (Å²) in [5.41, 5.74) is -0.993. The van der Waals surface area contributed by atoms with Crippen molar-refractivity contribution < 1.29 is 50.1 Å². The Morgan fingerprint density at radius 3 is 2.33 bits per heavy atom. The van der Waals surface area contributed by atoms with Crippen LogP contribution in [0.5, 0.6) is 0 Å². The van der Waals surface area contributed by atoms with Gasteiger partial charge in [-0.2, -0.15) is 0 Å². The number of nitrogens with zero attached hydrogens (tertiary/aromatic N) is 4. The molecule has 0 amide bonds. The van der Waals surface area contributed by atoms with Crippen molar-refractivity contribution in [1.29, 1.82) is 0 Å². The molecule has 0 radical (unpaired) electrons. The lowest BCUT2D eigenvalue weighted by Gasteiger charge is -2.44. The smallest absolute Gasteiger partial charge is 0.279 e. The molecule has 2 aromatic rings. The van der Waals surface area contributed by atoms with Gasteiger partial charge in [0.15, 0.2) is 11.8 Å². The van der Waals surface area contributed by atoms with E-state index in [1.165, 1.54) is 7.05 Å². The molecule has 184 valence electrons. The molecular formula is C17H25N5O11. The average Bonchev–Trinajstić information content (AvgIpc) is 3.30. The molecule has 0 saturated carbocycles. The minimum absolute atomic E-state index is 0.132. The van der Waals surface area contributed by atoms with E-state index in [2.05, 4.69) is 15.0 Å². The third kappa shape index (κ3) is 3.94. The highest BCUT2D eigenvalue weighted by Gasteiger charge is 2.48. The second-order valence-electron chi connectivity index (χ2n) is 7.75. The summed E-state index contributed by atoms with van der Waals surface area (Å²) in [6.07, 6.45) is -10.7. The average molecular weight is 475 g/mol. The second kappa shape index (κ2) is 9.09. The molecule has 1 unspecified atom stereocenters. The van der Waals surface area contributed by atoms with E-state index in [-0.39, 0.29) is 17.1 Å². The Balaban J connectivity index is 1.73. The van der Waals surface area contributed by atoms with Gasteiger partial charge in [-0.25, -0.2) is 9.97 Å². The summed E-state index contributed by atoms with van der Waals surface area (Å²) in [6.45, 7) is -1.26. The number of H-pyrrole nitrogens is 1. The lowest BCUT2D eigenvalue weighted by molar-refractivity contribution is -0.249. The fourth-order valence-corrected chi connectivity index (χ4v) is 3.88. The molecule has 8 N–H and O–H groups in total. The van der Waals surface area contributed by atoms with Crippen LogP contribution in [0.15, 0.2) is 11.1 Å². The van der Waals surface area contributed by atoms with Crippen molar-refractivity contribution in [3.05, 3.63) is 16.7 Å². The molecule has 33 heavy (non-hydrogen) atoms. The van der Waals surface area contributed by atoms with Gasteiger partial charge in [0, 0.05) is 7.05 Å². The highest BCUT2D eigenvalue weighted by molar-refractivity contribution is 5.73. The molecule has 0 bridgehead atoms. The molecule has 2 saturated heterocycles. The van der Waals surface area contributed by atoms with Crippen LogP contribution < -0.4 is 15.3 Å². The van der Waals surface area contributed by atoms with E-state index in [1.54, 1.807) is 0 Å².